The lowest BCUT2D eigenvalue weighted by molar-refractivity contribution is 0.0901. The Hall–Kier alpha value is -0.810. The van der Waals surface area contributed by atoms with E-state index in [2.05, 4.69) is 32.9 Å². The molecule has 4 nitrogen and oxygen atoms in total. The van der Waals surface area contributed by atoms with Crippen LogP contribution in [0.5, 0.6) is 5.75 Å². The molecule has 33 heavy (non-hydrogen) atoms. The highest BCUT2D eigenvalue weighted by atomic mass is 35.5. The summed E-state index contributed by atoms with van der Waals surface area (Å²) < 4.78 is 6.17. The molecule has 1 aromatic carbocycles. The van der Waals surface area contributed by atoms with Gasteiger partial charge in [0.1, 0.15) is 5.75 Å². The predicted octanol–water partition coefficient (Wildman–Crippen LogP) is 5.03. The van der Waals surface area contributed by atoms with Crippen molar-refractivity contribution in [2.45, 2.75) is 76.7 Å². The van der Waals surface area contributed by atoms with Crippen LogP contribution in [0.3, 0.4) is 0 Å². The van der Waals surface area contributed by atoms with Gasteiger partial charge in [0, 0.05) is 19.1 Å². The van der Waals surface area contributed by atoms with E-state index >= 15 is 0 Å². The zero-order valence-electron chi connectivity index (χ0n) is 20.7. The van der Waals surface area contributed by atoms with E-state index in [1.165, 1.54) is 117 Å². The van der Waals surface area contributed by atoms with E-state index in [0.29, 0.717) is 0 Å². The maximum atomic E-state index is 6.17. The molecule has 5 heteroatoms. The number of piperidine rings is 2. The van der Waals surface area contributed by atoms with Crippen LogP contribution in [-0.2, 0) is 12.8 Å². The van der Waals surface area contributed by atoms with Crippen LogP contribution in [0, 0.1) is 5.92 Å². The fourth-order valence-electron chi connectivity index (χ4n) is 6.65. The molecule has 3 saturated heterocycles. The van der Waals surface area contributed by atoms with Crippen molar-refractivity contribution in [2.24, 2.45) is 5.92 Å². The molecule has 0 saturated carbocycles. The Bertz CT molecular complexity index is 709. The van der Waals surface area contributed by atoms with Gasteiger partial charge in [0.15, 0.2) is 0 Å². The van der Waals surface area contributed by atoms with Crippen LogP contribution in [-0.4, -0.2) is 79.7 Å². The van der Waals surface area contributed by atoms with Gasteiger partial charge in [-0.1, -0.05) is 12.5 Å². The molecule has 0 amide bonds. The van der Waals surface area contributed by atoms with E-state index in [4.69, 9.17) is 4.74 Å². The topological polar surface area (TPSA) is 19.0 Å². The van der Waals surface area contributed by atoms with Gasteiger partial charge in [-0.05, 0) is 133 Å². The maximum absolute atomic E-state index is 6.17. The molecule has 5 rings (SSSR count). The number of hydrogen-bond acceptors (Lipinski definition) is 4. The molecule has 0 N–H and O–H groups in total. The first-order chi connectivity index (χ1) is 15.8. The van der Waals surface area contributed by atoms with Crippen molar-refractivity contribution in [1.82, 2.24) is 14.7 Å². The summed E-state index contributed by atoms with van der Waals surface area (Å²) in [6.45, 7) is 11.2. The molecule has 1 atom stereocenters. The zero-order valence-corrected chi connectivity index (χ0v) is 21.5. The van der Waals surface area contributed by atoms with Gasteiger partial charge < -0.3 is 19.4 Å². The van der Waals surface area contributed by atoms with Crippen molar-refractivity contribution >= 4 is 12.4 Å². The molecule has 3 aliphatic heterocycles. The van der Waals surface area contributed by atoms with Crippen LogP contribution in [0.15, 0.2) is 18.2 Å². The minimum atomic E-state index is 0. The van der Waals surface area contributed by atoms with Crippen molar-refractivity contribution in [3.8, 4) is 5.75 Å². The number of likely N-dealkylation sites (tertiary alicyclic amines) is 3. The molecule has 0 aromatic heterocycles. The van der Waals surface area contributed by atoms with Crippen LogP contribution in [0.25, 0.3) is 0 Å². The van der Waals surface area contributed by atoms with E-state index < -0.39 is 0 Å². The summed E-state index contributed by atoms with van der Waals surface area (Å²) in [5, 5.41) is 0. The summed E-state index contributed by atoms with van der Waals surface area (Å²) in [6, 6.07) is 7.77. The van der Waals surface area contributed by atoms with Gasteiger partial charge in [-0.25, -0.2) is 0 Å². The Morgan fingerprint density at radius 2 is 1.55 bits per heavy atom. The lowest BCUT2D eigenvalue weighted by Crippen LogP contribution is -2.46. The second kappa shape index (κ2) is 12.8. The molecular weight excluding hydrogens is 430 g/mol. The van der Waals surface area contributed by atoms with Crippen LogP contribution < -0.4 is 4.74 Å². The number of fused-ring (bicyclic) bond motifs is 1. The highest BCUT2D eigenvalue weighted by Crippen LogP contribution is 2.30. The smallest absolute Gasteiger partial charge is 0.119 e. The lowest BCUT2D eigenvalue weighted by Gasteiger charge is -2.40. The van der Waals surface area contributed by atoms with Crippen LogP contribution in [0.2, 0.25) is 0 Å². The normalized spacial score (nSPS) is 25.5. The van der Waals surface area contributed by atoms with Gasteiger partial charge in [-0.15, -0.1) is 12.4 Å². The fraction of sp³-hybridized carbons (Fsp3) is 0.786. The number of hydrogen-bond donors (Lipinski definition) is 0. The average molecular weight is 476 g/mol. The van der Waals surface area contributed by atoms with Crippen LogP contribution in [0.1, 0.15) is 68.9 Å². The lowest BCUT2D eigenvalue weighted by atomic mass is 9.83. The van der Waals surface area contributed by atoms with Crippen molar-refractivity contribution in [2.75, 3.05) is 59.0 Å². The number of nitrogens with zero attached hydrogens (tertiary/aromatic N) is 3. The molecule has 4 aliphatic rings. The molecule has 186 valence electrons. The monoisotopic (exact) mass is 475 g/mol. The number of halogens is 1. The molecule has 0 spiro atoms. The van der Waals surface area contributed by atoms with Crippen molar-refractivity contribution < 1.29 is 4.74 Å². The van der Waals surface area contributed by atoms with Gasteiger partial charge in [0.25, 0.3) is 0 Å². The van der Waals surface area contributed by atoms with E-state index in [1.807, 2.05) is 0 Å². The minimum absolute atomic E-state index is 0. The number of rotatable bonds is 8. The third kappa shape index (κ3) is 7.10. The molecule has 0 bridgehead atoms. The first kappa shape index (κ1) is 25.3. The summed E-state index contributed by atoms with van der Waals surface area (Å²) >= 11 is 0. The van der Waals surface area contributed by atoms with E-state index in [1.54, 1.807) is 11.1 Å². The maximum Gasteiger partial charge on any atom is 0.119 e. The summed E-state index contributed by atoms with van der Waals surface area (Å²) in [6.07, 6.45) is 14.8. The second-order valence-corrected chi connectivity index (χ2v) is 10.9. The van der Waals surface area contributed by atoms with Crippen LogP contribution >= 0.6 is 12.4 Å². The van der Waals surface area contributed by atoms with Crippen molar-refractivity contribution in [3.63, 3.8) is 0 Å². The molecule has 1 aliphatic carbocycles. The van der Waals surface area contributed by atoms with Gasteiger partial charge in [0.05, 0.1) is 6.61 Å². The highest BCUT2D eigenvalue weighted by Gasteiger charge is 2.25. The fourth-order valence-corrected chi connectivity index (χ4v) is 6.65. The third-order valence-electron chi connectivity index (χ3n) is 8.57. The second-order valence-electron chi connectivity index (χ2n) is 10.9. The van der Waals surface area contributed by atoms with Gasteiger partial charge >= 0.3 is 0 Å². The van der Waals surface area contributed by atoms with Gasteiger partial charge in [-0.2, -0.15) is 0 Å². The number of aryl methyl sites for hydroxylation is 1. The highest BCUT2D eigenvalue weighted by molar-refractivity contribution is 5.85. The summed E-state index contributed by atoms with van der Waals surface area (Å²) in [4.78, 5) is 8.12. The molecule has 3 fully saturated rings. The molecule has 1 aromatic rings. The largest absolute Gasteiger partial charge is 0.494 e. The summed E-state index contributed by atoms with van der Waals surface area (Å²) in [7, 11) is 0. The Labute approximate surface area is 208 Å². The Kier molecular flexibility index (Phi) is 9.78. The number of benzene rings is 1. The predicted molar refractivity (Wildman–Crippen MR) is 140 cm³/mol. The third-order valence-corrected chi connectivity index (χ3v) is 8.57. The van der Waals surface area contributed by atoms with Gasteiger partial charge in [-0.3, -0.25) is 0 Å². The van der Waals surface area contributed by atoms with Crippen LogP contribution in [0.4, 0.5) is 0 Å². The Morgan fingerprint density at radius 1 is 0.788 bits per heavy atom. The zero-order chi connectivity index (χ0) is 21.6. The van der Waals surface area contributed by atoms with E-state index in [-0.39, 0.29) is 12.4 Å². The molecule has 3 heterocycles. The quantitative estimate of drug-likeness (QED) is 0.491. The molecule has 0 radical (unpaired) electrons. The first-order valence-corrected chi connectivity index (χ1v) is 13.8. The van der Waals surface area contributed by atoms with E-state index in [9.17, 15) is 0 Å². The van der Waals surface area contributed by atoms with Crippen molar-refractivity contribution in [3.05, 3.63) is 29.3 Å². The summed E-state index contributed by atoms with van der Waals surface area (Å²) in [5.74, 6) is 1.94. The minimum Gasteiger partial charge on any atom is -0.494 e. The average Bonchev–Trinajstić information content (AvgIpc) is 3.36. The Balaban J connectivity index is 0.00000259. The SMILES string of the molecule is Cl.c1cc2c(cc1OCCCN1CCC(N3CCCCC3)CC1)CCC(CN1CCCC1)C2. The standard InChI is InChI=1S/C28H45N3O.ClH/c1-2-16-31(17-3-1)27-11-18-29(19-12-27)15-6-20-32-28-10-9-25-21-24(7-8-26(25)22-28)23-30-13-4-5-14-30;/h9-10,22,24,27H,1-8,11-21,23H2;1H. The first-order valence-electron chi connectivity index (χ1n) is 13.8. The van der Waals surface area contributed by atoms with Gasteiger partial charge in [0.2, 0.25) is 0 Å². The van der Waals surface area contributed by atoms with Crippen molar-refractivity contribution in [1.29, 1.82) is 0 Å². The molecule has 1 unspecified atom stereocenters. The van der Waals surface area contributed by atoms with E-state index in [0.717, 1.165) is 30.7 Å². The molecular formula is C28H46ClN3O. The Morgan fingerprint density at radius 3 is 2.33 bits per heavy atom. The summed E-state index contributed by atoms with van der Waals surface area (Å²) in [5.41, 5.74) is 3.12. The number of ether oxygens (including phenoxy) is 1.